The highest BCUT2D eigenvalue weighted by Crippen LogP contribution is 2.10. The Balaban J connectivity index is 3.29. The standard InChI is InChI=1S/C37H60N12O14/c1-18(2)11-25(34(60)62-7)49-33(59)24(14-28(53)54)48-32(58)22(12-20-15-40-17-43-20)47-31(57)21(9-8-10-41-35(38)39)45-26(50)16-42-30(56)23(13-27(51)52)46-29(55)19(3)44-36(61)63-37(4,5)6/h15,17-19,21-25H,8-14,16H2,1-7H3,(H,40,43)(H,42,56)(H,44,61)(H,45,50)(H,46,55)(H,47,57)(H,48,58)(H,49,59)(H,51,52)(H,53,54)(H4,38,39,41). The molecule has 7 amide bonds. The number of aliphatic carboxylic acids is 2. The number of nitrogens with one attached hydrogen (secondary N) is 8. The van der Waals surface area contributed by atoms with Gasteiger partial charge in [0.1, 0.15) is 41.9 Å². The van der Waals surface area contributed by atoms with Gasteiger partial charge >= 0.3 is 24.0 Å². The van der Waals surface area contributed by atoms with Gasteiger partial charge in [0.15, 0.2) is 5.96 Å². The van der Waals surface area contributed by atoms with Crippen molar-refractivity contribution in [3.63, 3.8) is 0 Å². The molecule has 0 bridgehead atoms. The summed E-state index contributed by atoms with van der Waals surface area (Å²) in [6.07, 6.45) is -0.429. The zero-order valence-corrected chi connectivity index (χ0v) is 36.2. The fourth-order valence-corrected chi connectivity index (χ4v) is 5.39. The Kier molecular flexibility index (Phi) is 22.6. The molecular weight excluding hydrogens is 836 g/mol. The maximum absolute atomic E-state index is 13.8. The van der Waals surface area contributed by atoms with E-state index >= 15 is 0 Å². The average Bonchev–Trinajstić information content (AvgIpc) is 3.68. The van der Waals surface area contributed by atoms with E-state index in [4.69, 9.17) is 20.9 Å². The number of nitrogens with zero attached hydrogens (tertiary/aromatic N) is 2. The van der Waals surface area contributed by atoms with Crippen LogP contribution < -0.4 is 48.7 Å². The van der Waals surface area contributed by atoms with Gasteiger partial charge in [0.25, 0.3) is 0 Å². The highest BCUT2D eigenvalue weighted by molar-refractivity contribution is 5.98. The fourth-order valence-electron chi connectivity index (χ4n) is 5.39. The first kappa shape index (κ1) is 54.0. The van der Waals surface area contributed by atoms with E-state index in [9.17, 15) is 58.2 Å². The van der Waals surface area contributed by atoms with E-state index in [2.05, 4.69) is 52.2 Å². The quantitative estimate of drug-likeness (QED) is 0.0187. The Labute approximate surface area is 362 Å². The molecule has 0 aliphatic rings. The zero-order chi connectivity index (χ0) is 48.0. The van der Waals surface area contributed by atoms with Crippen LogP contribution in [0.1, 0.15) is 79.3 Å². The summed E-state index contributed by atoms with van der Waals surface area (Å²) in [7, 11) is 1.10. The van der Waals surface area contributed by atoms with E-state index < -0.39 is 121 Å². The molecule has 0 aliphatic carbocycles. The molecule has 1 rings (SSSR count). The van der Waals surface area contributed by atoms with Crippen molar-refractivity contribution in [2.75, 3.05) is 20.2 Å². The first-order valence-electron chi connectivity index (χ1n) is 19.6. The number of carboxylic acid groups (broad SMARTS) is 2. The summed E-state index contributed by atoms with van der Waals surface area (Å²) in [6, 6.07) is -8.92. The van der Waals surface area contributed by atoms with Crippen molar-refractivity contribution in [3.8, 4) is 0 Å². The predicted octanol–water partition coefficient (Wildman–Crippen LogP) is -3.37. The van der Waals surface area contributed by atoms with Crippen molar-refractivity contribution >= 4 is 65.4 Å². The van der Waals surface area contributed by atoms with Crippen molar-refractivity contribution in [1.82, 2.24) is 47.2 Å². The number of H-pyrrole nitrogens is 1. The number of amides is 7. The predicted molar refractivity (Wildman–Crippen MR) is 220 cm³/mol. The highest BCUT2D eigenvalue weighted by atomic mass is 16.6. The van der Waals surface area contributed by atoms with Crippen molar-refractivity contribution < 1.29 is 67.6 Å². The summed E-state index contributed by atoms with van der Waals surface area (Å²) in [5.41, 5.74) is 10.2. The number of carbonyl (C=O) groups is 10. The van der Waals surface area contributed by atoms with Gasteiger partial charge in [-0.1, -0.05) is 13.8 Å². The first-order valence-corrected chi connectivity index (χ1v) is 19.6. The number of carboxylic acids is 2. The van der Waals surface area contributed by atoms with Gasteiger partial charge in [0, 0.05) is 24.9 Å². The zero-order valence-electron chi connectivity index (χ0n) is 36.2. The minimum Gasteiger partial charge on any atom is -0.481 e. The number of imidazole rings is 1. The Morgan fingerprint density at radius 1 is 0.762 bits per heavy atom. The molecule has 63 heavy (non-hydrogen) atoms. The van der Waals surface area contributed by atoms with Gasteiger partial charge in [-0.15, -0.1) is 0 Å². The fraction of sp³-hybridized carbons (Fsp3) is 0.622. The minimum atomic E-state index is -1.74. The topological polar surface area (TPSA) is 407 Å². The number of hydrogen-bond donors (Lipinski definition) is 12. The number of aromatic nitrogens is 2. The molecule has 1 heterocycles. The maximum Gasteiger partial charge on any atom is 0.408 e. The molecule has 0 saturated carbocycles. The Morgan fingerprint density at radius 2 is 1.30 bits per heavy atom. The van der Waals surface area contributed by atoms with Crippen LogP contribution in [-0.4, -0.2) is 148 Å². The third kappa shape index (κ3) is 22.4. The lowest BCUT2D eigenvalue weighted by atomic mass is 10.0. The van der Waals surface area contributed by atoms with Crippen molar-refractivity contribution in [3.05, 3.63) is 18.2 Å². The normalized spacial score (nSPS) is 13.8. The van der Waals surface area contributed by atoms with Gasteiger partial charge in [-0.25, -0.2) is 14.6 Å². The Hall–Kier alpha value is -7.02. The molecule has 6 unspecified atom stereocenters. The van der Waals surface area contributed by atoms with Gasteiger partial charge < -0.3 is 73.4 Å². The van der Waals surface area contributed by atoms with Gasteiger partial charge in [-0.3, -0.25) is 43.3 Å². The molecule has 0 radical (unpaired) electrons. The number of rotatable bonds is 26. The molecule has 0 aliphatic heterocycles. The van der Waals surface area contributed by atoms with Crippen LogP contribution in [0.5, 0.6) is 0 Å². The largest absolute Gasteiger partial charge is 0.481 e. The number of ether oxygens (including phenoxy) is 2. The number of carbonyl (C=O) groups excluding carboxylic acids is 8. The van der Waals surface area contributed by atoms with Gasteiger partial charge in [-0.2, -0.15) is 0 Å². The summed E-state index contributed by atoms with van der Waals surface area (Å²) < 4.78 is 9.84. The smallest absolute Gasteiger partial charge is 0.408 e. The number of aliphatic imine (C=N–C) groups is 1. The van der Waals surface area contributed by atoms with Gasteiger partial charge in [-0.05, 0) is 52.9 Å². The van der Waals surface area contributed by atoms with Crippen LogP contribution in [-0.2, 0) is 59.0 Å². The molecule has 1 aromatic rings. The molecule has 1 aromatic heterocycles. The van der Waals surface area contributed by atoms with Gasteiger partial charge in [0.05, 0.1) is 32.8 Å². The number of guanidine groups is 1. The van der Waals surface area contributed by atoms with E-state index in [1.54, 1.807) is 34.6 Å². The molecule has 26 nitrogen and oxygen atoms in total. The Bertz CT molecular complexity index is 1790. The number of alkyl carbamates (subject to hydrolysis) is 1. The molecule has 0 fully saturated rings. The molecule has 14 N–H and O–H groups in total. The second-order valence-corrected chi connectivity index (χ2v) is 15.5. The summed E-state index contributed by atoms with van der Waals surface area (Å²) >= 11 is 0. The van der Waals surface area contributed by atoms with Crippen molar-refractivity contribution in [1.29, 1.82) is 0 Å². The summed E-state index contributed by atoms with van der Waals surface area (Å²) in [6.45, 7) is 8.71. The summed E-state index contributed by atoms with van der Waals surface area (Å²) in [5, 5.41) is 35.2. The molecule has 26 heteroatoms. The van der Waals surface area contributed by atoms with Crippen LogP contribution in [0.3, 0.4) is 0 Å². The van der Waals surface area contributed by atoms with E-state index in [0.717, 1.165) is 7.11 Å². The lowest BCUT2D eigenvalue weighted by Gasteiger charge is -2.26. The molecular formula is C37H60N12O14. The van der Waals surface area contributed by atoms with Crippen LogP contribution in [0.25, 0.3) is 0 Å². The molecule has 352 valence electrons. The number of esters is 1. The molecule has 6 atom stereocenters. The van der Waals surface area contributed by atoms with Gasteiger partial charge in [0.2, 0.25) is 35.4 Å². The lowest BCUT2D eigenvalue weighted by Crippen LogP contribution is -2.59. The molecule has 0 spiro atoms. The van der Waals surface area contributed by atoms with Crippen LogP contribution in [0.15, 0.2) is 17.5 Å². The van der Waals surface area contributed by atoms with Crippen molar-refractivity contribution in [2.24, 2.45) is 22.4 Å². The number of aromatic amines is 1. The molecule has 0 aromatic carbocycles. The lowest BCUT2D eigenvalue weighted by molar-refractivity contribution is -0.146. The molecule has 0 saturated heterocycles. The van der Waals surface area contributed by atoms with E-state index in [1.807, 2.05) is 0 Å². The SMILES string of the molecule is COC(=O)C(CC(C)C)NC(=O)C(CC(=O)O)NC(=O)C(Cc1cnc[nH]1)NC(=O)C(CCCN=C(N)N)NC(=O)CNC(=O)C(CC(=O)O)NC(=O)C(C)NC(=O)OC(C)(C)C. The third-order valence-electron chi connectivity index (χ3n) is 8.29. The first-order chi connectivity index (χ1) is 29.3. The van der Waals surface area contributed by atoms with Crippen LogP contribution in [0.4, 0.5) is 4.79 Å². The summed E-state index contributed by atoms with van der Waals surface area (Å²) in [4.78, 5) is 138. The third-order valence-corrected chi connectivity index (χ3v) is 8.29. The number of hydrogen-bond acceptors (Lipinski definition) is 14. The van der Waals surface area contributed by atoms with Crippen LogP contribution in [0, 0.1) is 5.92 Å². The van der Waals surface area contributed by atoms with Crippen LogP contribution in [0.2, 0.25) is 0 Å². The van der Waals surface area contributed by atoms with Crippen LogP contribution >= 0.6 is 0 Å². The Morgan fingerprint density at radius 3 is 1.83 bits per heavy atom. The number of nitrogens with two attached hydrogens (primary N) is 2. The average molecular weight is 897 g/mol. The minimum absolute atomic E-state index is 0.0100. The van der Waals surface area contributed by atoms with E-state index in [0.29, 0.717) is 5.69 Å². The van der Waals surface area contributed by atoms with E-state index in [-0.39, 0.29) is 44.1 Å². The monoisotopic (exact) mass is 896 g/mol. The van der Waals surface area contributed by atoms with E-state index in [1.165, 1.54) is 19.4 Å². The van der Waals surface area contributed by atoms with Crippen molar-refractivity contribution in [2.45, 2.75) is 122 Å². The maximum atomic E-state index is 13.8. The second kappa shape index (κ2) is 26.3. The number of methoxy groups -OCH3 is 1. The second-order valence-electron chi connectivity index (χ2n) is 15.5. The summed E-state index contributed by atoms with van der Waals surface area (Å²) in [5.74, 6) is -10.3. The highest BCUT2D eigenvalue weighted by Gasteiger charge is 2.34.